The number of aldehydes is 1. The Bertz CT molecular complexity index is 554. The van der Waals surface area contributed by atoms with Crippen molar-refractivity contribution >= 4 is 6.29 Å². The Morgan fingerprint density at radius 1 is 1.00 bits per heavy atom. The van der Waals surface area contributed by atoms with E-state index in [1.807, 2.05) is 6.07 Å². The Kier molecular flexibility index (Phi) is 4.20. The Morgan fingerprint density at radius 2 is 1.63 bits per heavy atom. The van der Waals surface area contributed by atoms with Gasteiger partial charge in [0, 0.05) is 5.56 Å². The largest absolute Gasteiger partial charge is 0.453 e. The third kappa shape index (κ3) is 2.62. The molecule has 0 aliphatic rings. The molecule has 0 bridgehead atoms. The fourth-order valence-corrected chi connectivity index (χ4v) is 2.47. The molecule has 0 aliphatic carbocycles. The van der Waals surface area contributed by atoms with Crippen molar-refractivity contribution in [3.8, 4) is 11.3 Å². The highest BCUT2D eigenvalue weighted by molar-refractivity contribution is 5.74. The maximum Gasteiger partial charge on any atom is 0.185 e. The van der Waals surface area contributed by atoms with Gasteiger partial charge in [0.25, 0.3) is 0 Å². The average molecular weight is 256 g/mol. The van der Waals surface area contributed by atoms with E-state index in [1.165, 1.54) is 16.7 Å². The Hall–Kier alpha value is -1.83. The molecular formula is C17H20O2. The maximum atomic E-state index is 10.8. The number of carbonyl (C=O) groups excluding carboxylic acids is 1. The average Bonchev–Trinajstić information content (AvgIpc) is 2.94. The van der Waals surface area contributed by atoms with E-state index >= 15 is 0 Å². The van der Waals surface area contributed by atoms with E-state index in [4.69, 9.17) is 4.42 Å². The molecule has 1 aromatic carbocycles. The molecule has 19 heavy (non-hydrogen) atoms. The standard InChI is InChI=1S/C17H20O2/c1-4-12-9-13(5-2)17(14(6-3)10-12)16-8-7-15(11-18)19-16/h7-11H,4-6H2,1-3H3. The van der Waals surface area contributed by atoms with Crippen molar-refractivity contribution in [3.05, 3.63) is 46.7 Å². The van der Waals surface area contributed by atoms with Crippen molar-refractivity contribution < 1.29 is 9.21 Å². The summed E-state index contributed by atoms with van der Waals surface area (Å²) in [6, 6.07) is 8.12. The summed E-state index contributed by atoms with van der Waals surface area (Å²) < 4.78 is 5.61. The highest BCUT2D eigenvalue weighted by atomic mass is 16.3. The maximum absolute atomic E-state index is 10.8. The summed E-state index contributed by atoms with van der Waals surface area (Å²) in [6.45, 7) is 6.48. The summed E-state index contributed by atoms with van der Waals surface area (Å²) in [7, 11) is 0. The lowest BCUT2D eigenvalue weighted by molar-refractivity contribution is 0.110. The number of furan rings is 1. The van der Waals surface area contributed by atoms with Crippen molar-refractivity contribution in [1.29, 1.82) is 0 Å². The van der Waals surface area contributed by atoms with Crippen LogP contribution in [0.5, 0.6) is 0 Å². The van der Waals surface area contributed by atoms with E-state index in [2.05, 4.69) is 32.9 Å². The number of hydrogen-bond acceptors (Lipinski definition) is 2. The highest BCUT2D eigenvalue weighted by Crippen LogP contribution is 2.31. The predicted molar refractivity (Wildman–Crippen MR) is 77.7 cm³/mol. The lowest BCUT2D eigenvalue weighted by atomic mass is 9.92. The van der Waals surface area contributed by atoms with Crippen molar-refractivity contribution in [2.75, 3.05) is 0 Å². The summed E-state index contributed by atoms with van der Waals surface area (Å²) in [5, 5.41) is 0. The van der Waals surface area contributed by atoms with Crippen LogP contribution in [0.15, 0.2) is 28.7 Å². The minimum Gasteiger partial charge on any atom is -0.453 e. The van der Waals surface area contributed by atoms with Crippen molar-refractivity contribution in [2.24, 2.45) is 0 Å². The van der Waals surface area contributed by atoms with Gasteiger partial charge in [-0.2, -0.15) is 0 Å². The lowest BCUT2D eigenvalue weighted by Gasteiger charge is -2.13. The van der Waals surface area contributed by atoms with Gasteiger partial charge in [-0.05, 0) is 48.1 Å². The second-order valence-corrected chi connectivity index (χ2v) is 4.67. The van der Waals surface area contributed by atoms with Gasteiger partial charge < -0.3 is 4.42 Å². The molecule has 0 amide bonds. The van der Waals surface area contributed by atoms with Gasteiger partial charge in [-0.15, -0.1) is 0 Å². The zero-order chi connectivity index (χ0) is 13.8. The Balaban J connectivity index is 2.62. The molecule has 0 spiro atoms. The second-order valence-electron chi connectivity index (χ2n) is 4.67. The molecule has 0 unspecified atom stereocenters. The van der Waals surface area contributed by atoms with Gasteiger partial charge in [-0.3, -0.25) is 4.79 Å². The summed E-state index contributed by atoms with van der Waals surface area (Å²) in [5.41, 5.74) is 5.11. The summed E-state index contributed by atoms with van der Waals surface area (Å²) >= 11 is 0. The van der Waals surface area contributed by atoms with Crippen LogP contribution < -0.4 is 0 Å². The van der Waals surface area contributed by atoms with Gasteiger partial charge in [-0.1, -0.05) is 32.9 Å². The SMILES string of the molecule is CCc1cc(CC)c(-c2ccc(C=O)o2)c(CC)c1. The van der Waals surface area contributed by atoms with Crippen LogP contribution in [-0.2, 0) is 19.3 Å². The van der Waals surface area contributed by atoms with E-state index < -0.39 is 0 Å². The molecule has 100 valence electrons. The van der Waals surface area contributed by atoms with Gasteiger partial charge in [0.1, 0.15) is 5.76 Å². The summed E-state index contributed by atoms with van der Waals surface area (Å²) in [4.78, 5) is 10.8. The molecular weight excluding hydrogens is 236 g/mol. The summed E-state index contributed by atoms with van der Waals surface area (Å²) in [5.74, 6) is 1.19. The minimum atomic E-state index is 0.388. The normalized spacial score (nSPS) is 10.7. The topological polar surface area (TPSA) is 30.2 Å². The predicted octanol–water partition coefficient (Wildman–Crippen LogP) is 4.45. The van der Waals surface area contributed by atoms with Gasteiger partial charge >= 0.3 is 0 Å². The Labute approximate surface area is 114 Å². The van der Waals surface area contributed by atoms with E-state index in [9.17, 15) is 4.79 Å². The van der Waals surface area contributed by atoms with Gasteiger partial charge in [-0.25, -0.2) is 0 Å². The number of benzene rings is 1. The van der Waals surface area contributed by atoms with E-state index in [-0.39, 0.29) is 0 Å². The van der Waals surface area contributed by atoms with Crippen molar-refractivity contribution in [3.63, 3.8) is 0 Å². The fraction of sp³-hybridized carbons (Fsp3) is 0.353. The van der Waals surface area contributed by atoms with Gasteiger partial charge in [0.15, 0.2) is 12.0 Å². The van der Waals surface area contributed by atoms with Crippen LogP contribution in [0.4, 0.5) is 0 Å². The lowest BCUT2D eigenvalue weighted by Crippen LogP contribution is -1.97. The zero-order valence-corrected chi connectivity index (χ0v) is 11.8. The van der Waals surface area contributed by atoms with Crippen LogP contribution in [-0.4, -0.2) is 6.29 Å². The number of hydrogen-bond donors (Lipinski definition) is 0. The second kappa shape index (κ2) is 5.87. The van der Waals surface area contributed by atoms with Gasteiger partial charge in [0.05, 0.1) is 0 Å². The first kappa shape index (κ1) is 13.6. The molecule has 0 radical (unpaired) electrons. The third-order valence-electron chi connectivity index (χ3n) is 3.52. The number of carbonyl (C=O) groups is 1. The van der Waals surface area contributed by atoms with Crippen LogP contribution in [0.25, 0.3) is 11.3 Å². The molecule has 2 heteroatoms. The van der Waals surface area contributed by atoms with E-state index in [0.29, 0.717) is 5.76 Å². The number of aryl methyl sites for hydroxylation is 3. The van der Waals surface area contributed by atoms with Gasteiger partial charge in [0.2, 0.25) is 0 Å². The molecule has 2 nitrogen and oxygen atoms in total. The molecule has 0 saturated heterocycles. The van der Waals surface area contributed by atoms with E-state index in [1.54, 1.807) is 6.07 Å². The van der Waals surface area contributed by atoms with Crippen LogP contribution in [0.3, 0.4) is 0 Å². The van der Waals surface area contributed by atoms with Crippen LogP contribution >= 0.6 is 0 Å². The molecule has 2 rings (SSSR count). The van der Waals surface area contributed by atoms with Crippen molar-refractivity contribution in [1.82, 2.24) is 0 Å². The Morgan fingerprint density at radius 3 is 2.05 bits per heavy atom. The summed E-state index contributed by atoms with van der Waals surface area (Å²) in [6.07, 6.45) is 3.72. The van der Waals surface area contributed by atoms with Crippen LogP contribution in [0.1, 0.15) is 48.0 Å². The molecule has 0 atom stereocenters. The van der Waals surface area contributed by atoms with Crippen LogP contribution in [0.2, 0.25) is 0 Å². The first-order chi connectivity index (χ1) is 9.23. The number of rotatable bonds is 5. The zero-order valence-electron chi connectivity index (χ0n) is 11.8. The minimum absolute atomic E-state index is 0.388. The molecule has 0 fully saturated rings. The van der Waals surface area contributed by atoms with Crippen molar-refractivity contribution in [2.45, 2.75) is 40.0 Å². The first-order valence-corrected chi connectivity index (χ1v) is 6.93. The van der Waals surface area contributed by atoms with Crippen LogP contribution in [0, 0.1) is 0 Å². The molecule has 0 N–H and O–H groups in total. The smallest absolute Gasteiger partial charge is 0.185 e. The molecule has 1 heterocycles. The first-order valence-electron chi connectivity index (χ1n) is 6.93. The molecule has 2 aromatic rings. The fourth-order valence-electron chi connectivity index (χ4n) is 2.47. The quantitative estimate of drug-likeness (QED) is 0.740. The molecule has 1 aromatic heterocycles. The monoisotopic (exact) mass is 256 g/mol. The highest BCUT2D eigenvalue weighted by Gasteiger charge is 2.14. The molecule has 0 saturated carbocycles. The third-order valence-corrected chi connectivity index (χ3v) is 3.52. The molecule has 0 aliphatic heterocycles. The van der Waals surface area contributed by atoms with E-state index in [0.717, 1.165) is 36.9 Å².